The molecule has 1 aromatic heterocycles. The maximum atomic E-state index is 13.9. The number of aromatic nitrogens is 1. The molecule has 6 heteroatoms. The van der Waals surface area contributed by atoms with Crippen molar-refractivity contribution in [1.29, 1.82) is 0 Å². The molecule has 0 N–H and O–H groups in total. The highest BCUT2D eigenvalue weighted by Gasteiger charge is 2.25. The second-order valence-corrected chi connectivity index (χ2v) is 9.28. The molecule has 0 amide bonds. The number of hydrogen-bond donors (Lipinski definition) is 0. The Bertz CT molecular complexity index is 1570. The number of benzene rings is 4. The summed E-state index contributed by atoms with van der Waals surface area (Å²) in [5.41, 5.74) is 2.27. The lowest BCUT2D eigenvalue weighted by Gasteiger charge is -2.13. The summed E-state index contributed by atoms with van der Waals surface area (Å²) in [6, 6.07) is 22.2. The first kappa shape index (κ1) is 19.5. The second-order valence-electron chi connectivity index (χ2n) is 7.49. The van der Waals surface area contributed by atoms with Gasteiger partial charge in [-0.25, -0.2) is 12.4 Å². The van der Waals surface area contributed by atoms with E-state index in [2.05, 4.69) is 0 Å². The van der Waals surface area contributed by atoms with Crippen molar-refractivity contribution in [3.63, 3.8) is 0 Å². The average Bonchev–Trinajstić information content (AvgIpc) is 3.14. The van der Waals surface area contributed by atoms with Crippen molar-refractivity contribution < 1.29 is 17.9 Å². The van der Waals surface area contributed by atoms with Crippen LogP contribution in [0.15, 0.2) is 77.7 Å². The summed E-state index contributed by atoms with van der Waals surface area (Å²) in [6.45, 7) is 1.93. The molecule has 5 rings (SSSR count). The summed E-state index contributed by atoms with van der Waals surface area (Å²) >= 11 is 0. The third-order valence-corrected chi connectivity index (χ3v) is 7.40. The molecule has 1 heterocycles. The van der Waals surface area contributed by atoms with Gasteiger partial charge in [-0.2, -0.15) is 0 Å². The van der Waals surface area contributed by atoms with E-state index in [1.807, 2.05) is 67.6 Å². The summed E-state index contributed by atoms with van der Waals surface area (Å²) in [5.74, 6) is 1.14. The second kappa shape index (κ2) is 7.03. The van der Waals surface area contributed by atoms with Crippen LogP contribution in [0, 0.1) is 6.92 Å². The number of nitrogens with zero attached hydrogens (tertiary/aromatic N) is 1. The first-order valence-corrected chi connectivity index (χ1v) is 11.3. The normalized spacial score (nSPS) is 12.0. The molecule has 0 unspecified atom stereocenters. The van der Waals surface area contributed by atoms with Gasteiger partial charge in [0.15, 0.2) is 11.5 Å². The van der Waals surface area contributed by atoms with E-state index < -0.39 is 10.0 Å². The van der Waals surface area contributed by atoms with Gasteiger partial charge in [-0.15, -0.1) is 0 Å². The molecular formula is C25H21NO4S. The van der Waals surface area contributed by atoms with Crippen molar-refractivity contribution in [3.8, 4) is 11.5 Å². The fourth-order valence-electron chi connectivity index (χ4n) is 4.14. The number of methoxy groups -OCH3 is 2. The van der Waals surface area contributed by atoms with Gasteiger partial charge in [0.05, 0.1) is 30.1 Å². The van der Waals surface area contributed by atoms with Crippen molar-refractivity contribution in [2.45, 2.75) is 11.8 Å². The summed E-state index contributed by atoms with van der Waals surface area (Å²) in [5, 5.41) is 3.39. The van der Waals surface area contributed by atoms with E-state index in [-0.39, 0.29) is 4.90 Å². The molecule has 0 aliphatic rings. The van der Waals surface area contributed by atoms with E-state index in [9.17, 15) is 8.42 Å². The van der Waals surface area contributed by atoms with Gasteiger partial charge in [0.25, 0.3) is 10.0 Å². The topological polar surface area (TPSA) is 57.5 Å². The van der Waals surface area contributed by atoms with Crippen molar-refractivity contribution >= 4 is 42.6 Å². The Hall–Kier alpha value is -3.51. The predicted octanol–water partition coefficient (Wildman–Crippen LogP) is 5.51. The number of aryl methyl sites for hydroxylation is 1. The van der Waals surface area contributed by atoms with E-state index in [4.69, 9.17) is 9.47 Å². The SMILES string of the molecule is COc1cc2ccc3c4ccccc4n(S(=O)(=O)c4ccc(C)cc4)c3c2cc1OC. The molecule has 5 nitrogen and oxygen atoms in total. The molecule has 31 heavy (non-hydrogen) atoms. The Kier molecular flexibility index (Phi) is 4.41. The first-order chi connectivity index (χ1) is 15.0. The lowest BCUT2D eigenvalue weighted by Crippen LogP contribution is -2.13. The van der Waals surface area contributed by atoms with Crippen LogP contribution in [0.1, 0.15) is 5.56 Å². The van der Waals surface area contributed by atoms with E-state index in [0.29, 0.717) is 22.5 Å². The van der Waals surface area contributed by atoms with Crippen LogP contribution in [0.4, 0.5) is 0 Å². The van der Waals surface area contributed by atoms with Gasteiger partial charge in [0, 0.05) is 16.2 Å². The van der Waals surface area contributed by atoms with Crippen molar-refractivity contribution in [2.24, 2.45) is 0 Å². The fourth-order valence-corrected chi connectivity index (χ4v) is 5.68. The van der Waals surface area contributed by atoms with Gasteiger partial charge in [-0.1, -0.05) is 48.0 Å². The molecule has 0 aliphatic heterocycles. The summed E-state index contributed by atoms with van der Waals surface area (Å²) < 4.78 is 40.1. The number of fused-ring (bicyclic) bond motifs is 5. The minimum absolute atomic E-state index is 0.248. The van der Waals surface area contributed by atoms with Gasteiger partial charge in [0.1, 0.15) is 0 Å². The Morgan fingerprint density at radius 2 is 1.42 bits per heavy atom. The fraction of sp³-hybridized carbons (Fsp3) is 0.120. The molecular weight excluding hydrogens is 410 g/mol. The van der Waals surface area contributed by atoms with Crippen LogP contribution in [0.5, 0.6) is 11.5 Å². The molecule has 0 saturated heterocycles. The maximum absolute atomic E-state index is 13.9. The molecule has 4 aromatic carbocycles. The Morgan fingerprint density at radius 1 is 0.742 bits per heavy atom. The predicted molar refractivity (Wildman–Crippen MR) is 124 cm³/mol. The number of ether oxygens (including phenoxy) is 2. The first-order valence-electron chi connectivity index (χ1n) is 9.86. The standard InChI is InChI=1S/C25H21NO4S/c1-16-8-11-18(12-9-16)31(27,28)26-22-7-5-4-6-19(22)20-13-10-17-14-23(29-2)24(30-3)15-21(17)25(20)26/h4-15H,1-3H3. The Morgan fingerprint density at radius 3 is 2.13 bits per heavy atom. The van der Waals surface area contributed by atoms with Gasteiger partial charge < -0.3 is 9.47 Å². The highest BCUT2D eigenvalue weighted by Crippen LogP contribution is 2.40. The van der Waals surface area contributed by atoms with E-state index in [1.54, 1.807) is 26.4 Å². The quantitative estimate of drug-likeness (QED) is 0.376. The van der Waals surface area contributed by atoms with Crippen LogP contribution < -0.4 is 9.47 Å². The van der Waals surface area contributed by atoms with Crippen LogP contribution >= 0.6 is 0 Å². The number of para-hydroxylation sites is 1. The molecule has 0 atom stereocenters. The lowest BCUT2D eigenvalue weighted by molar-refractivity contribution is 0.356. The van der Waals surface area contributed by atoms with E-state index >= 15 is 0 Å². The maximum Gasteiger partial charge on any atom is 0.268 e. The molecule has 0 saturated carbocycles. The van der Waals surface area contributed by atoms with Gasteiger partial charge in [-0.3, -0.25) is 0 Å². The van der Waals surface area contributed by atoms with Crippen LogP contribution in [-0.2, 0) is 10.0 Å². The summed E-state index contributed by atoms with van der Waals surface area (Å²) in [7, 11) is -0.691. The van der Waals surface area contributed by atoms with E-state index in [0.717, 1.165) is 27.1 Å². The highest BCUT2D eigenvalue weighted by atomic mass is 32.2. The third kappa shape index (κ3) is 2.86. The molecule has 0 radical (unpaired) electrons. The zero-order chi connectivity index (χ0) is 21.8. The van der Waals surface area contributed by atoms with Crippen molar-refractivity contribution in [2.75, 3.05) is 14.2 Å². The van der Waals surface area contributed by atoms with Crippen molar-refractivity contribution in [3.05, 3.63) is 78.4 Å². The van der Waals surface area contributed by atoms with Crippen LogP contribution in [0.25, 0.3) is 32.6 Å². The van der Waals surface area contributed by atoms with Gasteiger partial charge in [-0.05, 0) is 42.6 Å². The lowest BCUT2D eigenvalue weighted by atomic mass is 10.0. The number of hydrogen-bond acceptors (Lipinski definition) is 4. The molecule has 0 bridgehead atoms. The zero-order valence-electron chi connectivity index (χ0n) is 17.4. The van der Waals surface area contributed by atoms with Crippen molar-refractivity contribution in [1.82, 2.24) is 3.97 Å². The minimum atomic E-state index is -3.85. The Balaban J connectivity index is 1.98. The summed E-state index contributed by atoms with van der Waals surface area (Å²) in [4.78, 5) is 0.248. The van der Waals surface area contributed by atoms with Crippen LogP contribution in [0.3, 0.4) is 0 Å². The minimum Gasteiger partial charge on any atom is -0.493 e. The largest absolute Gasteiger partial charge is 0.493 e. The highest BCUT2D eigenvalue weighted by molar-refractivity contribution is 7.90. The molecule has 156 valence electrons. The molecule has 0 aliphatic carbocycles. The van der Waals surface area contributed by atoms with Crippen LogP contribution in [0.2, 0.25) is 0 Å². The van der Waals surface area contributed by atoms with E-state index in [1.165, 1.54) is 3.97 Å². The molecule has 0 fully saturated rings. The molecule has 5 aromatic rings. The van der Waals surface area contributed by atoms with Crippen LogP contribution in [-0.4, -0.2) is 26.6 Å². The third-order valence-electron chi connectivity index (χ3n) is 5.67. The number of rotatable bonds is 4. The molecule has 0 spiro atoms. The monoisotopic (exact) mass is 431 g/mol. The average molecular weight is 432 g/mol. The Labute approximate surface area is 180 Å². The zero-order valence-corrected chi connectivity index (χ0v) is 18.2. The van der Waals surface area contributed by atoms with Gasteiger partial charge in [0.2, 0.25) is 0 Å². The smallest absolute Gasteiger partial charge is 0.268 e. The summed E-state index contributed by atoms with van der Waals surface area (Å²) in [6.07, 6.45) is 0. The van der Waals surface area contributed by atoms with Gasteiger partial charge >= 0.3 is 0 Å².